The lowest BCUT2D eigenvalue weighted by Gasteiger charge is -2.00. The molecule has 0 atom stereocenters. The number of nitrogens with zero attached hydrogens (tertiary/aromatic N) is 1. The fourth-order valence-electron chi connectivity index (χ4n) is 1.89. The largest absolute Gasteiger partial charge is 0.481 e. The van der Waals surface area contributed by atoms with E-state index in [1.807, 2.05) is 18.2 Å². The Bertz CT molecular complexity index is 623. The number of thiazole rings is 1. The van der Waals surface area contributed by atoms with Crippen LogP contribution in [0.5, 0.6) is 11.5 Å². The van der Waals surface area contributed by atoms with Crippen molar-refractivity contribution in [1.29, 1.82) is 0 Å². The Kier molecular flexibility index (Phi) is 3.08. The Morgan fingerprint density at radius 3 is 3.05 bits per heavy atom. The van der Waals surface area contributed by atoms with Gasteiger partial charge < -0.3 is 14.6 Å². The number of aliphatic carboxylic acids is 1. The highest BCUT2D eigenvalue weighted by atomic mass is 32.1. The molecule has 5 nitrogen and oxygen atoms in total. The van der Waals surface area contributed by atoms with Crippen molar-refractivity contribution in [2.24, 2.45) is 0 Å². The van der Waals surface area contributed by atoms with E-state index >= 15 is 0 Å². The van der Waals surface area contributed by atoms with Crippen molar-refractivity contribution in [3.05, 3.63) is 39.8 Å². The van der Waals surface area contributed by atoms with Crippen molar-refractivity contribution in [2.75, 3.05) is 6.79 Å². The van der Waals surface area contributed by atoms with Gasteiger partial charge in [-0.1, -0.05) is 6.07 Å². The number of benzene rings is 1. The second kappa shape index (κ2) is 4.89. The molecule has 1 aliphatic rings. The Hall–Kier alpha value is -2.08. The summed E-state index contributed by atoms with van der Waals surface area (Å²) in [6.45, 7) is 0.263. The standard InChI is InChI=1S/C13H11NO4S/c15-13(16)5-9-6-19-12(14-9)4-8-1-2-10-11(3-8)18-7-17-10/h1-3,6H,4-5,7H2,(H,15,16). The molecule has 0 aliphatic carbocycles. The predicted molar refractivity (Wildman–Crippen MR) is 68.8 cm³/mol. The van der Waals surface area contributed by atoms with Crippen LogP contribution in [0.15, 0.2) is 23.6 Å². The maximum Gasteiger partial charge on any atom is 0.309 e. The predicted octanol–water partition coefficient (Wildman–Crippen LogP) is 2.09. The molecule has 0 bridgehead atoms. The van der Waals surface area contributed by atoms with E-state index < -0.39 is 5.97 Å². The van der Waals surface area contributed by atoms with Gasteiger partial charge in [-0.05, 0) is 17.7 Å². The minimum Gasteiger partial charge on any atom is -0.481 e. The Labute approximate surface area is 113 Å². The third-order valence-corrected chi connectivity index (χ3v) is 3.62. The summed E-state index contributed by atoms with van der Waals surface area (Å²) in [4.78, 5) is 14.9. The summed E-state index contributed by atoms with van der Waals surface area (Å²) in [6, 6.07) is 5.77. The SMILES string of the molecule is O=C(O)Cc1csc(Cc2ccc3c(c2)OCO3)n1. The zero-order chi connectivity index (χ0) is 13.2. The molecular formula is C13H11NO4S. The molecule has 0 unspecified atom stereocenters. The zero-order valence-corrected chi connectivity index (χ0v) is 10.8. The number of fused-ring (bicyclic) bond motifs is 1. The third kappa shape index (κ3) is 2.68. The van der Waals surface area contributed by atoms with Crippen LogP contribution in [0.3, 0.4) is 0 Å². The number of carboxylic acids is 1. The van der Waals surface area contributed by atoms with Crippen LogP contribution in [0, 0.1) is 0 Å². The molecule has 1 aromatic heterocycles. The lowest BCUT2D eigenvalue weighted by molar-refractivity contribution is -0.136. The van der Waals surface area contributed by atoms with Crippen LogP contribution in [0.4, 0.5) is 0 Å². The molecule has 0 spiro atoms. The molecule has 0 amide bonds. The summed E-state index contributed by atoms with van der Waals surface area (Å²) in [5, 5.41) is 11.4. The number of carboxylic acid groups (broad SMARTS) is 1. The van der Waals surface area contributed by atoms with Crippen LogP contribution in [0.2, 0.25) is 0 Å². The lowest BCUT2D eigenvalue weighted by atomic mass is 10.1. The normalized spacial score (nSPS) is 12.6. The van der Waals surface area contributed by atoms with E-state index in [4.69, 9.17) is 14.6 Å². The van der Waals surface area contributed by atoms with Crippen molar-refractivity contribution < 1.29 is 19.4 Å². The van der Waals surface area contributed by atoms with Crippen molar-refractivity contribution in [3.63, 3.8) is 0 Å². The van der Waals surface area contributed by atoms with Crippen LogP contribution < -0.4 is 9.47 Å². The average molecular weight is 277 g/mol. The Morgan fingerprint density at radius 1 is 1.37 bits per heavy atom. The van der Waals surface area contributed by atoms with Crippen LogP contribution in [0.1, 0.15) is 16.3 Å². The Balaban J connectivity index is 1.74. The van der Waals surface area contributed by atoms with Gasteiger partial charge in [0, 0.05) is 11.8 Å². The molecule has 6 heteroatoms. The molecule has 19 heavy (non-hydrogen) atoms. The lowest BCUT2D eigenvalue weighted by Crippen LogP contribution is -2.00. The second-order valence-corrected chi connectivity index (χ2v) is 5.11. The van der Waals surface area contributed by atoms with Crippen LogP contribution >= 0.6 is 11.3 Å². The van der Waals surface area contributed by atoms with Gasteiger partial charge in [0.1, 0.15) is 0 Å². The second-order valence-electron chi connectivity index (χ2n) is 4.17. The monoisotopic (exact) mass is 277 g/mol. The molecule has 2 aromatic rings. The number of hydrogen-bond acceptors (Lipinski definition) is 5. The first-order chi connectivity index (χ1) is 9.20. The summed E-state index contributed by atoms with van der Waals surface area (Å²) >= 11 is 1.47. The van der Waals surface area contributed by atoms with Crippen molar-refractivity contribution in [2.45, 2.75) is 12.8 Å². The molecule has 0 saturated carbocycles. The topological polar surface area (TPSA) is 68.7 Å². The number of carbonyl (C=O) groups is 1. The summed E-state index contributed by atoms with van der Waals surface area (Å²) in [5.74, 6) is 0.647. The van der Waals surface area contributed by atoms with Gasteiger partial charge in [-0.15, -0.1) is 11.3 Å². The third-order valence-electron chi connectivity index (χ3n) is 2.72. The quantitative estimate of drug-likeness (QED) is 0.926. The molecule has 1 aliphatic heterocycles. The van der Waals surface area contributed by atoms with Gasteiger partial charge in [-0.2, -0.15) is 0 Å². The molecule has 3 rings (SSSR count). The van der Waals surface area contributed by atoms with E-state index in [0.717, 1.165) is 22.1 Å². The molecule has 0 fully saturated rings. The van der Waals surface area contributed by atoms with Gasteiger partial charge in [0.2, 0.25) is 6.79 Å². The first-order valence-electron chi connectivity index (χ1n) is 5.74. The summed E-state index contributed by atoms with van der Waals surface area (Å²) in [7, 11) is 0. The molecule has 0 saturated heterocycles. The van der Waals surface area contributed by atoms with Gasteiger partial charge in [0.05, 0.1) is 17.1 Å². The molecule has 1 N–H and O–H groups in total. The fraction of sp³-hybridized carbons (Fsp3) is 0.231. The van der Waals surface area contributed by atoms with E-state index in [-0.39, 0.29) is 13.2 Å². The van der Waals surface area contributed by atoms with E-state index in [9.17, 15) is 4.79 Å². The van der Waals surface area contributed by atoms with Gasteiger partial charge in [-0.3, -0.25) is 4.79 Å². The average Bonchev–Trinajstić information content (AvgIpc) is 2.97. The minimum absolute atomic E-state index is 0.0301. The molecule has 98 valence electrons. The van der Waals surface area contributed by atoms with Crippen LogP contribution in [-0.2, 0) is 17.6 Å². The number of aromatic nitrogens is 1. The number of hydrogen-bond donors (Lipinski definition) is 1. The fourth-order valence-corrected chi connectivity index (χ4v) is 2.72. The van der Waals surface area contributed by atoms with Crippen molar-refractivity contribution >= 4 is 17.3 Å². The van der Waals surface area contributed by atoms with Crippen molar-refractivity contribution in [1.82, 2.24) is 4.98 Å². The maximum absolute atomic E-state index is 10.6. The minimum atomic E-state index is -0.861. The molecule has 2 heterocycles. The van der Waals surface area contributed by atoms with Crippen LogP contribution in [-0.4, -0.2) is 22.9 Å². The van der Waals surface area contributed by atoms with Crippen molar-refractivity contribution in [3.8, 4) is 11.5 Å². The van der Waals surface area contributed by atoms with Gasteiger partial charge in [0.15, 0.2) is 11.5 Å². The highest BCUT2D eigenvalue weighted by Gasteiger charge is 2.14. The van der Waals surface area contributed by atoms with Gasteiger partial charge in [0.25, 0.3) is 0 Å². The van der Waals surface area contributed by atoms with E-state index in [1.165, 1.54) is 11.3 Å². The van der Waals surface area contributed by atoms with Crippen LogP contribution in [0.25, 0.3) is 0 Å². The summed E-state index contributed by atoms with van der Waals surface area (Å²) in [6.07, 6.45) is 0.637. The smallest absolute Gasteiger partial charge is 0.309 e. The summed E-state index contributed by atoms with van der Waals surface area (Å²) in [5.41, 5.74) is 1.67. The zero-order valence-electron chi connectivity index (χ0n) is 9.96. The van der Waals surface area contributed by atoms with E-state index in [1.54, 1.807) is 5.38 Å². The van der Waals surface area contributed by atoms with E-state index in [0.29, 0.717) is 12.1 Å². The first-order valence-corrected chi connectivity index (χ1v) is 6.62. The molecular weight excluding hydrogens is 266 g/mol. The van der Waals surface area contributed by atoms with Gasteiger partial charge in [-0.25, -0.2) is 4.98 Å². The van der Waals surface area contributed by atoms with Gasteiger partial charge >= 0.3 is 5.97 Å². The maximum atomic E-state index is 10.6. The molecule has 0 radical (unpaired) electrons. The highest BCUT2D eigenvalue weighted by Crippen LogP contribution is 2.33. The number of ether oxygens (including phenoxy) is 2. The first kappa shape index (κ1) is 12.0. The Morgan fingerprint density at radius 2 is 2.21 bits per heavy atom. The van der Waals surface area contributed by atoms with E-state index in [2.05, 4.69) is 4.98 Å². The highest BCUT2D eigenvalue weighted by molar-refractivity contribution is 7.09. The summed E-state index contributed by atoms with van der Waals surface area (Å²) < 4.78 is 10.6. The number of rotatable bonds is 4. The molecule has 1 aromatic carbocycles.